The molecule has 2 aromatic rings. The highest BCUT2D eigenvalue weighted by Crippen LogP contribution is 2.47. The number of piperidine rings is 1. The standard InChI is InChI=1S/C17H22FN5O/c18-17-8-15(23-11-20-21-22-23)2-1-13(17)9-24-10-14-7-16(14)12-3-5-19-6-4-12/h1-2,8,11-12,14,16,19H,3-7,9-10H2. The third kappa shape index (κ3) is 3.47. The van der Waals surface area contributed by atoms with E-state index in [-0.39, 0.29) is 5.82 Å². The molecular weight excluding hydrogens is 309 g/mol. The van der Waals surface area contributed by atoms with Gasteiger partial charge in [-0.05, 0) is 66.6 Å². The molecular formula is C17H22FN5O. The number of tetrazole rings is 1. The van der Waals surface area contributed by atoms with Crippen LogP contribution >= 0.6 is 0 Å². The molecule has 6 nitrogen and oxygen atoms in total. The fraction of sp³-hybridized carbons (Fsp3) is 0.588. The first-order valence-corrected chi connectivity index (χ1v) is 8.61. The molecule has 7 heteroatoms. The van der Waals surface area contributed by atoms with E-state index in [2.05, 4.69) is 20.8 Å². The molecule has 1 aromatic carbocycles. The van der Waals surface area contributed by atoms with Crippen molar-refractivity contribution in [1.29, 1.82) is 0 Å². The molecule has 0 spiro atoms. The van der Waals surface area contributed by atoms with E-state index in [4.69, 9.17) is 4.74 Å². The smallest absolute Gasteiger partial charge is 0.143 e. The Morgan fingerprint density at radius 2 is 2.17 bits per heavy atom. The summed E-state index contributed by atoms with van der Waals surface area (Å²) in [5, 5.41) is 14.3. The molecule has 1 N–H and O–H groups in total. The van der Waals surface area contributed by atoms with E-state index in [1.54, 1.807) is 12.1 Å². The number of hydrogen-bond acceptors (Lipinski definition) is 5. The zero-order valence-electron chi connectivity index (χ0n) is 13.6. The molecule has 0 radical (unpaired) electrons. The van der Waals surface area contributed by atoms with Crippen molar-refractivity contribution >= 4 is 0 Å². The van der Waals surface area contributed by atoms with E-state index in [9.17, 15) is 4.39 Å². The maximum Gasteiger partial charge on any atom is 0.143 e. The molecule has 2 fully saturated rings. The fourth-order valence-corrected chi connectivity index (χ4v) is 3.71. The molecule has 1 saturated carbocycles. The summed E-state index contributed by atoms with van der Waals surface area (Å²) in [5.74, 6) is 2.05. The third-order valence-electron chi connectivity index (χ3n) is 5.21. The Bertz CT molecular complexity index is 672. The zero-order chi connectivity index (χ0) is 16.4. The number of hydrogen-bond donors (Lipinski definition) is 1. The molecule has 1 aromatic heterocycles. The SMILES string of the molecule is Fc1cc(-n2cnnn2)ccc1COCC1CC1C1CCNCC1. The zero-order valence-corrected chi connectivity index (χ0v) is 13.6. The number of nitrogens with zero attached hydrogens (tertiary/aromatic N) is 4. The largest absolute Gasteiger partial charge is 0.376 e. The molecule has 0 bridgehead atoms. The first-order valence-electron chi connectivity index (χ1n) is 8.61. The van der Waals surface area contributed by atoms with Gasteiger partial charge in [0.15, 0.2) is 0 Å². The summed E-state index contributed by atoms with van der Waals surface area (Å²) in [6.45, 7) is 3.35. The van der Waals surface area contributed by atoms with Crippen molar-refractivity contribution in [3.05, 3.63) is 35.9 Å². The van der Waals surface area contributed by atoms with Crippen LogP contribution in [0.3, 0.4) is 0 Å². The molecule has 2 aliphatic rings. The van der Waals surface area contributed by atoms with Crippen molar-refractivity contribution in [1.82, 2.24) is 25.5 Å². The van der Waals surface area contributed by atoms with Crippen molar-refractivity contribution in [2.75, 3.05) is 19.7 Å². The lowest BCUT2D eigenvalue weighted by Gasteiger charge is -2.22. The molecule has 2 unspecified atom stereocenters. The first-order chi connectivity index (χ1) is 11.8. The summed E-state index contributed by atoms with van der Waals surface area (Å²) in [6.07, 6.45) is 5.28. The van der Waals surface area contributed by atoms with Crippen LogP contribution in [0.25, 0.3) is 5.69 Å². The number of aromatic nitrogens is 4. The van der Waals surface area contributed by atoms with E-state index < -0.39 is 0 Å². The van der Waals surface area contributed by atoms with Crippen LogP contribution in [0, 0.1) is 23.6 Å². The van der Waals surface area contributed by atoms with Crippen LogP contribution in [-0.4, -0.2) is 39.9 Å². The van der Waals surface area contributed by atoms with Crippen LogP contribution < -0.4 is 5.32 Å². The average molecular weight is 331 g/mol. The Labute approximate surface area is 140 Å². The number of nitrogens with one attached hydrogen (secondary N) is 1. The molecule has 2 atom stereocenters. The van der Waals surface area contributed by atoms with Crippen molar-refractivity contribution in [3.63, 3.8) is 0 Å². The highest BCUT2D eigenvalue weighted by atomic mass is 19.1. The van der Waals surface area contributed by atoms with E-state index >= 15 is 0 Å². The van der Waals surface area contributed by atoms with E-state index in [0.29, 0.717) is 23.8 Å². The Balaban J connectivity index is 1.26. The number of halogens is 1. The van der Waals surface area contributed by atoms with Gasteiger partial charge >= 0.3 is 0 Å². The third-order valence-corrected chi connectivity index (χ3v) is 5.21. The number of benzene rings is 1. The van der Waals surface area contributed by atoms with Gasteiger partial charge in [-0.3, -0.25) is 0 Å². The summed E-state index contributed by atoms with van der Waals surface area (Å²) in [5.41, 5.74) is 1.18. The molecule has 4 rings (SSSR count). The lowest BCUT2D eigenvalue weighted by atomic mass is 9.92. The maximum absolute atomic E-state index is 14.2. The summed E-state index contributed by atoms with van der Waals surface area (Å²) in [6, 6.07) is 4.97. The predicted molar refractivity (Wildman–Crippen MR) is 86.0 cm³/mol. The molecule has 0 amide bonds. The second-order valence-electron chi connectivity index (χ2n) is 6.79. The lowest BCUT2D eigenvalue weighted by molar-refractivity contribution is 0.102. The van der Waals surface area contributed by atoms with Crippen molar-refractivity contribution in [2.45, 2.75) is 25.9 Å². The molecule has 1 saturated heterocycles. The number of ether oxygens (including phenoxy) is 1. The molecule has 24 heavy (non-hydrogen) atoms. The summed E-state index contributed by atoms with van der Waals surface area (Å²) in [7, 11) is 0. The topological polar surface area (TPSA) is 64.9 Å². The molecule has 128 valence electrons. The highest BCUT2D eigenvalue weighted by molar-refractivity contribution is 5.34. The Kier molecular flexibility index (Phi) is 4.53. The van der Waals surface area contributed by atoms with Gasteiger partial charge in [-0.25, -0.2) is 9.07 Å². The Hall–Kier alpha value is -1.86. The highest BCUT2D eigenvalue weighted by Gasteiger charge is 2.42. The maximum atomic E-state index is 14.2. The summed E-state index contributed by atoms with van der Waals surface area (Å²) in [4.78, 5) is 0. The van der Waals surface area contributed by atoms with Crippen LogP contribution in [0.4, 0.5) is 4.39 Å². The molecule has 1 aliphatic carbocycles. The van der Waals surface area contributed by atoms with E-state index in [0.717, 1.165) is 31.5 Å². The van der Waals surface area contributed by atoms with Crippen LogP contribution in [0.15, 0.2) is 24.5 Å². The predicted octanol–water partition coefficient (Wildman–Crippen LogP) is 1.95. The van der Waals surface area contributed by atoms with Gasteiger partial charge in [-0.1, -0.05) is 6.07 Å². The summed E-state index contributed by atoms with van der Waals surface area (Å²) < 4.78 is 21.4. The van der Waals surface area contributed by atoms with Gasteiger partial charge in [0.2, 0.25) is 0 Å². The van der Waals surface area contributed by atoms with Crippen molar-refractivity contribution < 1.29 is 9.13 Å². The minimum atomic E-state index is -0.284. The monoisotopic (exact) mass is 331 g/mol. The van der Waals surface area contributed by atoms with E-state index in [1.165, 1.54) is 36.3 Å². The van der Waals surface area contributed by atoms with Gasteiger partial charge in [0, 0.05) is 11.6 Å². The van der Waals surface area contributed by atoms with Gasteiger partial charge < -0.3 is 10.1 Å². The quantitative estimate of drug-likeness (QED) is 0.876. The molecule has 1 aliphatic heterocycles. The summed E-state index contributed by atoms with van der Waals surface area (Å²) >= 11 is 0. The van der Waals surface area contributed by atoms with Crippen molar-refractivity contribution in [3.8, 4) is 5.69 Å². The van der Waals surface area contributed by atoms with E-state index in [1.807, 2.05) is 0 Å². The lowest BCUT2D eigenvalue weighted by Crippen LogP contribution is -2.29. The van der Waals surface area contributed by atoms with Crippen LogP contribution in [0.2, 0.25) is 0 Å². The van der Waals surface area contributed by atoms with Gasteiger partial charge in [0.25, 0.3) is 0 Å². The second kappa shape index (κ2) is 6.94. The minimum absolute atomic E-state index is 0.284. The minimum Gasteiger partial charge on any atom is -0.376 e. The molecule has 2 heterocycles. The fourth-order valence-electron chi connectivity index (χ4n) is 3.71. The first kappa shape index (κ1) is 15.7. The van der Waals surface area contributed by atoms with Gasteiger partial charge in [-0.2, -0.15) is 0 Å². The number of rotatable bonds is 6. The van der Waals surface area contributed by atoms with Crippen LogP contribution in [-0.2, 0) is 11.3 Å². The average Bonchev–Trinajstić information content (AvgIpc) is 3.17. The second-order valence-corrected chi connectivity index (χ2v) is 6.79. The van der Waals surface area contributed by atoms with Gasteiger partial charge in [0.1, 0.15) is 12.1 Å². The van der Waals surface area contributed by atoms with Gasteiger partial charge in [0.05, 0.1) is 18.9 Å². The van der Waals surface area contributed by atoms with Crippen molar-refractivity contribution in [2.24, 2.45) is 17.8 Å². The normalized spacial score (nSPS) is 24.2. The van der Waals surface area contributed by atoms with Gasteiger partial charge in [-0.15, -0.1) is 5.10 Å². The Morgan fingerprint density at radius 1 is 1.29 bits per heavy atom. The van der Waals surface area contributed by atoms with Crippen LogP contribution in [0.1, 0.15) is 24.8 Å². The van der Waals surface area contributed by atoms with Crippen LogP contribution in [0.5, 0.6) is 0 Å². The Morgan fingerprint density at radius 3 is 2.92 bits per heavy atom.